The number of carbonyl (C=O) groups excluding carboxylic acids is 2. The fourth-order valence-electron chi connectivity index (χ4n) is 4.79. The lowest BCUT2D eigenvalue weighted by Gasteiger charge is -2.29. The van der Waals surface area contributed by atoms with Crippen LogP contribution in [0.15, 0.2) is 24.3 Å². The van der Waals surface area contributed by atoms with Crippen LogP contribution in [0.2, 0.25) is 0 Å². The van der Waals surface area contributed by atoms with Crippen molar-refractivity contribution in [3.8, 4) is 0 Å². The van der Waals surface area contributed by atoms with Gasteiger partial charge in [0.25, 0.3) is 5.91 Å². The van der Waals surface area contributed by atoms with Crippen LogP contribution in [0.1, 0.15) is 52.8 Å². The fraction of sp³-hybridized carbons (Fsp3) is 0.520. The van der Waals surface area contributed by atoms with Crippen molar-refractivity contribution in [1.29, 1.82) is 0 Å². The molecule has 3 rings (SSSR count). The second kappa shape index (κ2) is 9.79. The second-order valence-electron chi connectivity index (χ2n) is 9.32. The molecule has 0 saturated carbocycles. The number of rotatable bonds is 7. The maximum atomic E-state index is 12.9. The van der Waals surface area contributed by atoms with Gasteiger partial charge in [-0.1, -0.05) is 12.1 Å². The summed E-state index contributed by atoms with van der Waals surface area (Å²) in [6.45, 7) is 17.2. The van der Waals surface area contributed by atoms with Gasteiger partial charge >= 0.3 is 0 Å². The molecule has 1 saturated heterocycles. The first-order valence-corrected chi connectivity index (χ1v) is 11.4. The third-order valence-electron chi connectivity index (χ3n) is 6.67. The SMILES string of the molecule is Cc1cccc(NC(=O)C[NH+]2CC[NH+](CC(=O)c3cc(C)n(C(C)C)c3C)CC2)c1C. The average Bonchev–Trinajstić information content (AvgIpc) is 3.01. The molecule has 1 aliphatic heterocycles. The Kier molecular flexibility index (Phi) is 7.34. The van der Waals surface area contributed by atoms with Gasteiger partial charge in [-0.05, 0) is 64.8 Å². The van der Waals surface area contributed by atoms with Gasteiger partial charge in [-0.3, -0.25) is 9.59 Å². The quantitative estimate of drug-likeness (QED) is 0.577. The highest BCUT2D eigenvalue weighted by Crippen LogP contribution is 2.20. The van der Waals surface area contributed by atoms with Crippen molar-refractivity contribution in [1.82, 2.24) is 4.57 Å². The summed E-state index contributed by atoms with van der Waals surface area (Å²) in [7, 11) is 0. The number of piperazine rings is 1. The molecule has 0 spiro atoms. The lowest BCUT2D eigenvalue weighted by Crippen LogP contribution is -3.28. The molecule has 0 unspecified atom stereocenters. The van der Waals surface area contributed by atoms with E-state index in [0.29, 0.717) is 19.1 Å². The molecule has 168 valence electrons. The summed E-state index contributed by atoms with van der Waals surface area (Å²) < 4.78 is 2.24. The van der Waals surface area contributed by atoms with Crippen LogP contribution in [-0.4, -0.2) is 55.5 Å². The zero-order valence-corrected chi connectivity index (χ0v) is 19.9. The molecule has 1 fully saturated rings. The molecule has 1 aromatic heterocycles. The average molecular weight is 427 g/mol. The summed E-state index contributed by atoms with van der Waals surface area (Å²) in [4.78, 5) is 28.1. The predicted octanol–water partition coefficient (Wildman–Crippen LogP) is 0.907. The lowest BCUT2D eigenvalue weighted by atomic mass is 10.1. The van der Waals surface area contributed by atoms with Crippen LogP contribution >= 0.6 is 0 Å². The predicted molar refractivity (Wildman–Crippen MR) is 124 cm³/mol. The Labute approximate surface area is 186 Å². The number of carbonyl (C=O) groups is 2. The number of amides is 1. The first-order chi connectivity index (χ1) is 14.7. The number of nitrogens with one attached hydrogen (secondary N) is 3. The number of hydrogen-bond donors (Lipinski definition) is 3. The highest BCUT2D eigenvalue weighted by Gasteiger charge is 2.28. The van der Waals surface area contributed by atoms with E-state index in [1.54, 1.807) is 0 Å². The van der Waals surface area contributed by atoms with Crippen LogP contribution in [0.5, 0.6) is 0 Å². The van der Waals surface area contributed by atoms with Crippen LogP contribution in [0, 0.1) is 27.7 Å². The van der Waals surface area contributed by atoms with E-state index < -0.39 is 0 Å². The molecule has 1 aromatic carbocycles. The Morgan fingerprint density at radius 1 is 1.00 bits per heavy atom. The zero-order chi connectivity index (χ0) is 22.7. The number of benzene rings is 1. The topological polar surface area (TPSA) is 60.0 Å². The third kappa shape index (κ3) is 5.43. The van der Waals surface area contributed by atoms with Crippen molar-refractivity contribution < 1.29 is 19.4 Å². The first-order valence-electron chi connectivity index (χ1n) is 11.4. The van der Waals surface area contributed by atoms with Gasteiger partial charge in [0, 0.05) is 28.7 Å². The summed E-state index contributed by atoms with van der Waals surface area (Å²) >= 11 is 0. The Balaban J connectivity index is 1.50. The number of aromatic nitrogens is 1. The van der Waals surface area contributed by atoms with E-state index in [1.165, 1.54) is 15.4 Å². The monoisotopic (exact) mass is 426 g/mol. The van der Waals surface area contributed by atoms with Crippen LogP contribution in [0.25, 0.3) is 0 Å². The molecule has 2 heterocycles. The highest BCUT2D eigenvalue weighted by atomic mass is 16.2. The van der Waals surface area contributed by atoms with E-state index in [1.807, 2.05) is 32.0 Å². The molecule has 3 N–H and O–H groups in total. The van der Waals surface area contributed by atoms with Crippen LogP contribution < -0.4 is 15.1 Å². The number of Topliss-reactive ketones (excluding diaryl/α,β-unsaturated/α-hetero) is 1. The van der Waals surface area contributed by atoms with Gasteiger partial charge < -0.3 is 19.7 Å². The number of anilines is 1. The van der Waals surface area contributed by atoms with Crippen molar-refractivity contribution >= 4 is 17.4 Å². The smallest absolute Gasteiger partial charge is 0.279 e. The molecule has 6 heteroatoms. The van der Waals surface area contributed by atoms with Gasteiger partial charge in [0.05, 0.1) is 0 Å². The molecule has 0 bridgehead atoms. The van der Waals surface area contributed by atoms with E-state index in [9.17, 15) is 9.59 Å². The van der Waals surface area contributed by atoms with Gasteiger partial charge in [0.15, 0.2) is 6.54 Å². The molecule has 1 aliphatic rings. The van der Waals surface area contributed by atoms with Crippen LogP contribution in [0.3, 0.4) is 0 Å². The van der Waals surface area contributed by atoms with E-state index >= 15 is 0 Å². The van der Waals surface area contributed by atoms with Gasteiger partial charge in [0.1, 0.15) is 32.7 Å². The van der Waals surface area contributed by atoms with Crippen LogP contribution in [-0.2, 0) is 4.79 Å². The number of nitrogens with zero attached hydrogens (tertiary/aromatic N) is 1. The molecule has 0 radical (unpaired) electrons. The van der Waals surface area contributed by atoms with Gasteiger partial charge in [-0.25, -0.2) is 0 Å². The van der Waals surface area contributed by atoms with E-state index in [0.717, 1.165) is 54.4 Å². The molecule has 6 nitrogen and oxygen atoms in total. The first kappa shape index (κ1) is 23.2. The summed E-state index contributed by atoms with van der Waals surface area (Å²) in [5.74, 6) is 0.287. The minimum Gasteiger partial charge on any atom is -0.346 e. The van der Waals surface area contributed by atoms with Crippen molar-refractivity contribution in [3.63, 3.8) is 0 Å². The van der Waals surface area contributed by atoms with Crippen molar-refractivity contribution in [3.05, 3.63) is 52.3 Å². The Hall–Kier alpha value is -2.44. The Morgan fingerprint density at radius 2 is 1.61 bits per heavy atom. The molecule has 0 aliphatic carbocycles. The zero-order valence-electron chi connectivity index (χ0n) is 19.9. The number of ketones is 1. The molecule has 1 amide bonds. The molecular weight excluding hydrogens is 388 g/mol. The largest absolute Gasteiger partial charge is 0.346 e. The number of hydrogen-bond acceptors (Lipinski definition) is 2. The summed E-state index contributed by atoms with van der Waals surface area (Å²) in [6, 6.07) is 8.38. The molecule has 2 aromatic rings. The summed E-state index contributed by atoms with van der Waals surface area (Å²) in [5.41, 5.74) is 6.29. The maximum Gasteiger partial charge on any atom is 0.279 e. The minimum atomic E-state index is 0.0596. The van der Waals surface area contributed by atoms with Gasteiger partial charge in [-0.15, -0.1) is 0 Å². The van der Waals surface area contributed by atoms with E-state index in [2.05, 4.69) is 43.6 Å². The standard InChI is InChI=1S/C25H36N4O2/c1-17(2)29-19(4)14-22(21(29)6)24(30)15-27-10-12-28(13-11-27)16-25(31)26-23-9-7-8-18(3)20(23)5/h7-9,14,17H,10-13,15-16H2,1-6H3,(H,26,31)/p+2. The fourth-order valence-corrected chi connectivity index (χ4v) is 4.79. The second-order valence-corrected chi connectivity index (χ2v) is 9.32. The van der Waals surface area contributed by atoms with Crippen molar-refractivity contribution in [2.24, 2.45) is 0 Å². The van der Waals surface area contributed by atoms with E-state index in [4.69, 9.17) is 0 Å². The number of aryl methyl sites for hydroxylation is 2. The molecule has 31 heavy (non-hydrogen) atoms. The highest BCUT2D eigenvalue weighted by molar-refractivity contribution is 5.98. The van der Waals surface area contributed by atoms with Gasteiger partial charge in [0.2, 0.25) is 5.78 Å². The van der Waals surface area contributed by atoms with E-state index in [-0.39, 0.29) is 11.7 Å². The lowest BCUT2D eigenvalue weighted by molar-refractivity contribution is -1.00. The normalized spacial score (nSPS) is 18.9. The Bertz CT molecular complexity index is 953. The van der Waals surface area contributed by atoms with Crippen LogP contribution in [0.4, 0.5) is 5.69 Å². The third-order valence-corrected chi connectivity index (χ3v) is 6.67. The molecular formula is C25H38N4O2+2. The summed E-state index contributed by atoms with van der Waals surface area (Å²) in [6.07, 6.45) is 0. The summed E-state index contributed by atoms with van der Waals surface area (Å²) in [5, 5.41) is 3.06. The minimum absolute atomic E-state index is 0.0596. The molecule has 0 atom stereocenters. The van der Waals surface area contributed by atoms with Crippen molar-refractivity contribution in [2.45, 2.75) is 47.6 Å². The maximum absolute atomic E-state index is 12.9. The van der Waals surface area contributed by atoms with Crippen molar-refractivity contribution in [2.75, 3.05) is 44.6 Å². The Morgan fingerprint density at radius 3 is 2.19 bits per heavy atom. The van der Waals surface area contributed by atoms with Gasteiger partial charge in [-0.2, -0.15) is 0 Å². The number of quaternary nitrogens is 2.